The van der Waals surface area contributed by atoms with E-state index in [1.807, 2.05) is 0 Å². The fraction of sp³-hybridized carbons (Fsp3) is 0.793. The Morgan fingerprint density at radius 2 is 1.03 bits per heavy atom. The molecule has 0 aromatic heterocycles. The van der Waals surface area contributed by atoms with Gasteiger partial charge in [-0.15, -0.1) is 12.4 Å². The van der Waals surface area contributed by atoms with Crippen LogP contribution in [0.15, 0.2) is 24.3 Å². The first-order chi connectivity index (χ1) is 14.9. The highest BCUT2D eigenvalue weighted by molar-refractivity contribution is 5.85. The van der Waals surface area contributed by atoms with Crippen molar-refractivity contribution in [2.45, 2.75) is 125 Å². The minimum absolute atomic E-state index is 0. The van der Waals surface area contributed by atoms with E-state index >= 15 is 0 Å². The number of hydrogen-bond donors (Lipinski definition) is 1. The summed E-state index contributed by atoms with van der Waals surface area (Å²) in [7, 11) is 0. The zero-order valence-electron chi connectivity index (χ0n) is 23.2. The Kier molecular flexibility index (Phi) is 25.4. The van der Waals surface area contributed by atoms with Gasteiger partial charge in [0, 0.05) is 5.54 Å². The monoisotopic (exact) mass is 548 g/mol. The summed E-state index contributed by atoms with van der Waals surface area (Å²) < 4.78 is 1.42. The van der Waals surface area contributed by atoms with Gasteiger partial charge in [-0.05, 0) is 56.1 Å². The lowest BCUT2D eigenvalue weighted by Crippen LogP contribution is -3.00. The zero-order chi connectivity index (χ0) is 23.6. The van der Waals surface area contributed by atoms with Crippen molar-refractivity contribution in [3.8, 4) is 0 Å². The van der Waals surface area contributed by atoms with Gasteiger partial charge in [0.1, 0.15) is 0 Å². The lowest BCUT2D eigenvalue weighted by atomic mass is 9.82. The number of halogens is 2. The summed E-state index contributed by atoms with van der Waals surface area (Å²) in [5, 5.41) is 0. The van der Waals surface area contributed by atoms with Crippen molar-refractivity contribution in [3.05, 3.63) is 35.4 Å². The fourth-order valence-electron chi connectivity index (χ4n) is 4.59. The van der Waals surface area contributed by atoms with E-state index in [0.29, 0.717) is 0 Å². The van der Waals surface area contributed by atoms with E-state index in [9.17, 15) is 0 Å². The first-order valence-electron chi connectivity index (χ1n) is 13.6. The summed E-state index contributed by atoms with van der Waals surface area (Å²) in [6, 6.07) is 8.53. The summed E-state index contributed by atoms with van der Waals surface area (Å²) >= 11 is 0. The van der Waals surface area contributed by atoms with Crippen molar-refractivity contribution >= 4 is 12.4 Å². The predicted octanol–water partition coefficient (Wildman–Crippen LogP) is 5.65. The van der Waals surface area contributed by atoms with Crippen molar-refractivity contribution in [3.63, 3.8) is 0 Å². The zero-order valence-corrected chi connectivity index (χ0v) is 25.6. The van der Waals surface area contributed by atoms with Gasteiger partial charge in [0.25, 0.3) is 0 Å². The molecule has 1 aromatic rings. The van der Waals surface area contributed by atoms with E-state index in [0.717, 1.165) is 19.3 Å². The van der Waals surface area contributed by atoms with Crippen molar-refractivity contribution in [2.24, 2.45) is 5.73 Å². The molecule has 198 valence electrons. The second-order valence-corrected chi connectivity index (χ2v) is 9.52. The molecule has 0 aliphatic carbocycles. The molecule has 33 heavy (non-hydrogen) atoms. The van der Waals surface area contributed by atoms with Crippen LogP contribution in [-0.2, 0) is 12.0 Å². The van der Waals surface area contributed by atoms with Crippen molar-refractivity contribution in [2.75, 3.05) is 26.2 Å². The SMILES string of the molecule is CCCC[N+](CCCC)(CCCC)CCCC.CCc1ccccc1C(N)(CC)CC.Cl.[Br-]. The molecule has 2 N–H and O–H groups in total. The van der Waals surface area contributed by atoms with Gasteiger partial charge in [-0.2, -0.15) is 0 Å². The third-order valence-corrected chi connectivity index (χ3v) is 7.14. The van der Waals surface area contributed by atoms with Crippen LogP contribution in [0.4, 0.5) is 0 Å². The summed E-state index contributed by atoms with van der Waals surface area (Å²) in [6.07, 6.45) is 14.1. The van der Waals surface area contributed by atoms with E-state index in [1.54, 1.807) is 0 Å². The van der Waals surface area contributed by atoms with Crippen molar-refractivity contribution in [1.82, 2.24) is 0 Å². The van der Waals surface area contributed by atoms with E-state index < -0.39 is 0 Å². The van der Waals surface area contributed by atoms with Gasteiger partial charge in [0.05, 0.1) is 26.2 Å². The summed E-state index contributed by atoms with van der Waals surface area (Å²) in [6.45, 7) is 21.5. The van der Waals surface area contributed by atoms with E-state index in [-0.39, 0.29) is 34.9 Å². The molecule has 0 amide bonds. The van der Waals surface area contributed by atoms with Crippen LogP contribution in [0, 0.1) is 0 Å². The molecule has 0 atom stereocenters. The molecule has 0 saturated carbocycles. The molecule has 1 rings (SSSR count). The van der Waals surface area contributed by atoms with Crippen molar-refractivity contribution in [1.29, 1.82) is 0 Å². The highest BCUT2D eigenvalue weighted by Crippen LogP contribution is 2.28. The van der Waals surface area contributed by atoms with Crippen LogP contribution < -0.4 is 22.7 Å². The fourth-order valence-corrected chi connectivity index (χ4v) is 4.59. The first-order valence-corrected chi connectivity index (χ1v) is 13.6. The topological polar surface area (TPSA) is 26.0 Å². The van der Waals surface area contributed by atoms with Crippen LogP contribution in [0.5, 0.6) is 0 Å². The first kappa shape index (κ1) is 37.5. The lowest BCUT2D eigenvalue weighted by Gasteiger charge is -2.39. The third kappa shape index (κ3) is 14.2. The third-order valence-electron chi connectivity index (χ3n) is 7.14. The minimum atomic E-state index is -0.132. The number of aryl methyl sites for hydroxylation is 1. The maximum absolute atomic E-state index is 6.39. The molecule has 0 fully saturated rings. The second kappa shape index (κ2) is 22.4. The molecule has 0 aliphatic heterocycles. The number of hydrogen-bond acceptors (Lipinski definition) is 1. The average Bonchev–Trinajstić information content (AvgIpc) is 2.83. The Morgan fingerprint density at radius 1 is 0.667 bits per heavy atom. The average molecular weight is 550 g/mol. The van der Waals surface area contributed by atoms with E-state index in [1.165, 1.54) is 93.2 Å². The predicted molar refractivity (Wildman–Crippen MR) is 149 cm³/mol. The highest BCUT2D eigenvalue weighted by atomic mass is 79.9. The minimum Gasteiger partial charge on any atom is -1.00 e. The Bertz CT molecular complexity index is 509. The van der Waals surface area contributed by atoms with E-state index in [2.05, 4.69) is 72.7 Å². The van der Waals surface area contributed by atoms with Gasteiger partial charge in [-0.1, -0.05) is 98.4 Å². The van der Waals surface area contributed by atoms with Gasteiger partial charge < -0.3 is 27.2 Å². The molecule has 0 saturated heterocycles. The van der Waals surface area contributed by atoms with Gasteiger partial charge in [0.2, 0.25) is 0 Å². The standard InChI is InChI=1S/C16H36N.C13H21N.BrH.ClH/c1-5-9-13-17(14-10-6-2,15-11-7-3)16-12-8-4;1-4-11-9-7-8-10-12(11)13(14,5-2)6-3;;/h5-16H2,1-4H3;7-10H,4-6,14H2,1-3H3;2*1H/q+1;;;/p-1. The molecule has 4 heteroatoms. The molecule has 0 spiro atoms. The quantitative estimate of drug-likeness (QED) is 0.265. The molecule has 0 bridgehead atoms. The Balaban J connectivity index is -0.000000521. The Morgan fingerprint density at radius 3 is 1.33 bits per heavy atom. The number of benzene rings is 1. The molecular formula is C29H58BrClN2. The molecule has 0 heterocycles. The van der Waals surface area contributed by atoms with Crippen LogP contribution in [-0.4, -0.2) is 30.7 Å². The normalized spacial score (nSPS) is 11.2. The number of nitrogens with zero attached hydrogens (tertiary/aromatic N) is 1. The molecule has 0 unspecified atom stereocenters. The lowest BCUT2D eigenvalue weighted by molar-refractivity contribution is -0.929. The number of quaternary nitrogens is 1. The van der Waals surface area contributed by atoms with E-state index in [4.69, 9.17) is 5.73 Å². The summed E-state index contributed by atoms with van der Waals surface area (Å²) in [4.78, 5) is 0. The summed E-state index contributed by atoms with van der Waals surface area (Å²) in [5.74, 6) is 0. The van der Waals surface area contributed by atoms with Crippen LogP contribution in [0.2, 0.25) is 0 Å². The van der Waals surface area contributed by atoms with Gasteiger partial charge in [-0.25, -0.2) is 0 Å². The van der Waals surface area contributed by atoms with Gasteiger partial charge in [-0.3, -0.25) is 0 Å². The molecule has 0 radical (unpaired) electrons. The van der Waals surface area contributed by atoms with Crippen LogP contribution in [0.25, 0.3) is 0 Å². The van der Waals surface area contributed by atoms with Crippen LogP contribution in [0.1, 0.15) is 124 Å². The largest absolute Gasteiger partial charge is 1.00 e. The number of rotatable bonds is 16. The Hall–Kier alpha value is -0.0900. The van der Waals surface area contributed by atoms with Gasteiger partial charge in [0.15, 0.2) is 0 Å². The van der Waals surface area contributed by atoms with Gasteiger partial charge >= 0.3 is 0 Å². The van der Waals surface area contributed by atoms with Crippen LogP contribution in [0.3, 0.4) is 0 Å². The second-order valence-electron chi connectivity index (χ2n) is 9.52. The highest BCUT2D eigenvalue weighted by Gasteiger charge is 2.25. The molecule has 2 nitrogen and oxygen atoms in total. The number of unbranched alkanes of at least 4 members (excludes halogenated alkanes) is 4. The molecule has 0 aliphatic rings. The smallest absolute Gasteiger partial charge is 0.0786 e. The van der Waals surface area contributed by atoms with Crippen molar-refractivity contribution < 1.29 is 21.5 Å². The molecular weight excluding hydrogens is 492 g/mol. The molecule has 1 aromatic carbocycles. The van der Waals surface area contributed by atoms with Crippen LogP contribution >= 0.6 is 12.4 Å². The summed E-state index contributed by atoms with van der Waals surface area (Å²) in [5.41, 5.74) is 8.98. The Labute approximate surface area is 225 Å². The maximum atomic E-state index is 6.39. The maximum Gasteiger partial charge on any atom is 0.0786 e. The number of nitrogens with two attached hydrogens (primary N) is 1.